The van der Waals surface area contributed by atoms with Gasteiger partial charge < -0.3 is 14.4 Å². The first-order chi connectivity index (χ1) is 10.6. The number of aliphatic hydroxyl groups excluding tert-OH is 1. The van der Waals surface area contributed by atoms with Crippen molar-refractivity contribution in [1.82, 2.24) is 19.9 Å². The molecule has 0 amide bonds. The van der Waals surface area contributed by atoms with Crippen LogP contribution in [0.1, 0.15) is 32.0 Å². The molecule has 1 aromatic heterocycles. The van der Waals surface area contributed by atoms with Gasteiger partial charge in [-0.3, -0.25) is 9.80 Å². The van der Waals surface area contributed by atoms with Crippen molar-refractivity contribution in [2.24, 2.45) is 0 Å². The smallest absolute Gasteiger partial charge is 0.240 e. The lowest BCUT2D eigenvalue weighted by Crippen LogP contribution is -2.54. The van der Waals surface area contributed by atoms with E-state index in [9.17, 15) is 5.11 Å². The summed E-state index contributed by atoms with van der Waals surface area (Å²) < 4.78 is 10.3. The predicted octanol–water partition coefficient (Wildman–Crippen LogP) is 0.536. The van der Waals surface area contributed by atoms with Gasteiger partial charge in [-0.05, 0) is 13.3 Å². The Morgan fingerprint density at radius 3 is 2.95 bits per heavy atom. The first-order valence-electron chi connectivity index (χ1n) is 8.07. The zero-order valence-electron chi connectivity index (χ0n) is 13.9. The van der Waals surface area contributed by atoms with Crippen molar-refractivity contribution in [1.29, 1.82) is 0 Å². The van der Waals surface area contributed by atoms with Crippen LogP contribution in [0.2, 0.25) is 0 Å². The number of aromatic nitrogens is 2. The van der Waals surface area contributed by atoms with Crippen LogP contribution < -0.4 is 0 Å². The standard InChI is InChI=1S/C15H28N4O3/c1-4-13-10-18(6-7-19(13)9-12(2)20)11-15-16-14(17-22-15)5-8-21-3/h12-13,20H,4-11H2,1-3H3. The van der Waals surface area contributed by atoms with E-state index >= 15 is 0 Å². The van der Waals surface area contributed by atoms with Gasteiger partial charge in [-0.25, -0.2) is 0 Å². The first-order valence-corrected chi connectivity index (χ1v) is 8.07. The Kier molecular flexibility index (Phi) is 6.75. The molecule has 1 aromatic rings. The molecule has 2 atom stereocenters. The molecular weight excluding hydrogens is 284 g/mol. The van der Waals surface area contributed by atoms with Gasteiger partial charge in [-0.1, -0.05) is 12.1 Å². The van der Waals surface area contributed by atoms with Crippen molar-refractivity contribution in [3.63, 3.8) is 0 Å². The molecule has 1 aliphatic heterocycles. The van der Waals surface area contributed by atoms with Crippen LogP contribution in [0, 0.1) is 0 Å². The molecule has 0 aliphatic carbocycles. The van der Waals surface area contributed by atoms with Gasteiger partial charge in [-0.15, -0.1) is 0 Å². The normalized spacial score (nSPS) is 22.1. The topological polar surface area (TPSA) is 74.9 Å². The van der Waals surface area contributed by atoms with Crippen molar-refractivity contribution in [3.8, 4) is 0 Å². The van der Waals surface area contributed by atoms with Gasteiger partial charge in [0.05, 0.1) is 19.3 Å². The number of nitrogens with zero attached hydrogens (tertiary/aromatic N) is 4. The summed E-state index contributed by atoms with van der Waals surface area (Å²) in [6, 6.07) is 0.472. The molecule has 0 aromatic carbocycles. The molecule has 1 aliphatic rings. The predicted molar refractivity (Wildman–Crippen MR) is 82.5 cm³/mol. The summed E-state index contributed by atoms with van der Waals surface area (Å²) in [6.45, 7) is 8.98. The Bertz CT molecular complexity index is 438. The Morgan fingerprint density at radius 2 is 2.27 bits per heavy atom. The fourth-order valence-corrected chi connectivity index (χ4v) is 2.91. The van der Waals surface area contributed by atoms with Gasteiger partial charge in [0.1, 0.15) is 0 Å². The second-order valence-electron chi connectivity index (χ2n) is 5.99. The summed E-state index contributed by atoms with van der Waals surface area (Å²) in [4.78, 5) is 9.13. The highest BCUT2D eigenvalue weighted by Gasteiger charge is 2.27. The van der Waals surface area contributed by atoms with Crippen molar-refractivity contribution >= 4 is 0 Å². The van der Waals surface area contributed by atoms with Gasteiger partial charge in [-0.2, -0.15) is 4.98 Å². The minimum Gasteiger partial charge on any atom is -0.392 e. The van der Waals surface area contributed by atoms with Crippen LogP contribution >= 0.6 is 0 Å². The van der Waals surface area contributed by atoms with Gasteiger partial charge in [0.15, 0.2) is 5.82 Å². The van der Waals surface area contributed by atoms with E-state index in [4.69, 9.17) is 9.26 Å². The van der Waals surface area contributed by atoms with Crippen LogP contribution in [0.5, 0.6) is 0 Å². The molecule has 0 bridgehead atoms. The summed E-state index contributed by atoms with van der Waals surface area (Å²) >= 11 is 0. The minimum atomic E-state index is -0.278. The molecule has 22 heavy (non-hydrogen) atoms. The number of aliphatic hydroxyl groups is 1. The summed E-state index contributed by atoms with van der Waals surface area (Å²) in [6.07, 6.45) is 1.48. The van der Waals surface area contributed by atoms with Gasteiger partial charge in [0.2, 0.25) is 5.89 Å². The van der Waals surface area contributed by atoms with E-state index in [-0.39, 0.29) is 6.10 Å². The first kappa shape index (κ1) is 17.3. The second kappa shape index (κ2) is 8.57. The molecule has 1 fully saturated rings. The SMILES string of the molecule is CCC1CN(Cc2nc(CCOC)no2)CCN1CC(C)O. The second-order valence-corrected chi connectivity index (χ2v) is 5.99. The summed E-state index contributed by atoms with van der Waals surface area (Å²) in [7, 11) is 1.67. The fraction of sp³-hybridized carbons (Fsp3) is 0.867. The summed E-state index contributed by atoms with van der Waals surface area (Å²) in [5.74, 6) is 1.38. The number of hydrogen-bond donors (Lipinski definition) is 1. The third kappa shape index (κ3) is 5.01. The van der Waals surface area contributed by atoms with Crippen LogP contribution in [0.15, 0.2) is 4.52 Å². The number of ether oxygens (including phenoxy) is 1. The number of methoxy groups -OCH3 is 1. The molecule has 2 rings (SSSR count). The van der Waals surface area contributed by atoms with Crippen molar-refractivity contribution in [2.75, 3.05) is 39.9 Å². The van der Waals surface area contributed by atoms with Crippen LogP contribution in [-0.2, 0) is 17.7 Å². The summed E-state index contributed by atoms with van der Waals surface area (Å²) in [5, 5.41) is 13.6. The third-order valence-corrected chi connectivity index (χ3v) is 4.06. The van der Waals surface area contributed by atoms with E-state index in [1.807, 2.05) is 6.92 Å². The zero-order valence-corrected chi connectivity index (χ0v) is 13.9. The summed E-state index contributed by atoms with van der Waals surface area (Å²) in [5.41, 5.74) is 0. The van der Waals surface area contributed by atoms with Crippen LogP contribution in [0.4, 0.5) is 0 Å². The van der Waals surface area contributed by atoms with E-state index in [0.717, 1.165) is 32.6 Å². The zero-order chi connectivity index (χ0) is 15.9. The quantitative estimate of drug-likeness (QED) is 0.750. The van der Waals surface area contributed by atoms with Gasteiger partial charge in [0, 0.05) is 45.8 Å². The highest BCUT2D eigenvalue weighted by molar-refractivity contribution is 4.89. The van der Waals surface area contributed by atoms with Crippen LogP contribution in [0.3, 0.4) is 0 Å². The van der Waals surface area contributed by atoms with E-state index in [1.165, 1.54) is 0 Å². The highest BCUT2D eigenvalue weighted by atomic mass is 16.5. The Morgan fingerprint density at radius 1 is 1.45 bits per heavy atom. The Labute approximate surface area is 132 Å². The number of β-amino-alcohol motifs (C(OH)–C–C–N with tert-alkyl or cyclic N) is 1. The van der Waals surface area contributed by atoms with E-state index in [1.54, 1.807) is 7.11 Å². The molecular formula is C15H28N4O3. The lowest BCUT2D eigenvalue weighted by Gasteiger charge is -2.41. The maximum atomic E-state index is 9.59. The van der Waals surface area contributed by atoms with E-state index in [0.29, 0.717) is 37.3 Å². The van der Waals surface area contributed by atoms with E-state index < -0.39 is 0 Å². The molecule has 7 nitrogen and oxygen atoms in total. The van der Waals surface area contributed by atoms with Crippen molar-refractivity contribution < 1.29 is 14.4 Å². The largest absolute Gasteiger partial charge is 0.392 e. The number of hydrogen-bond acceptors (Lipinski definition) is 7. The van der Waals surface area contributed by atoms with Crippen molar-refractivity contribution in [3.05, 3.63) is 11.7 Å². The van der Waals surface area contributed by atoms with Gasteiger partial charge >= 0.3 is 0 Å². The van der Waals surface area contributed by atoms with Crippen LogP contribution in [0.25, 0.3) is 0 Å². The van der Waals surface area contributed by atoms with E-state index in [2.05, 4.69) is 26.9 Å². The van der Waals surface area contributed by atoms with Gasteiger partial charge in [0.25, 0.3) is 0 Å². The highest BCUT2D eigenvalue weighted by Crippen LogP contribution is 2.15. The monoisotopic (exact) mass is 312 g/mol. The maximum absolute atomic E-state index is 9.59. The average Bonchev–Trinajstić information content (AvgIpc) is 2.93. The molecule has 7 heteroatoms. The third-order valence-electron chi connectivity index (χ3n) is 4.06. The Balaban J connectivity index is 1.85. The number of rotatable bonds is 8. The molecule has 2 unspecified atom stereocenters. The Hall–Kier alpha value is -1.02. The fourth-order valence-electron chi connectivity index (χ4n) is 2.91. The molecule has 126 valence electrons. The molecule has 0 spiro atoms. The lowest BCUT2D eigenvalue weighted by molar-refractivity contribution is 0.0302. The number of piperazine rings is 1. The van der Waals surface area contributed by atoms with Crippen LogP contribution in [-0.4, -0.2) is 77.1 Å². The molecule has 0 radical (unpaired) electrons. The van der Waals surface area contributed by atoms with Crippen molar-refractivity contribution in [2.45, 2.75) is 45.4 Å². The maximum Gasteiger partial charge on any atom is 0.240 e. The molecule has 1 saturated heterocycles. The lowest BCUT2D eigenvalue weighted by atomic mass is 10.1. The molecule has 1 N–H and O–H groups in total. The minimum absolute atomic E-state index is 0.278. The molecule has 2 heterocycles. The molecule has 0 saturated carbocycles. The average molecular weight is 312 g/mol.